The van der Waals surface area contributed by atoms with E-state index in [0.717, 1.165) is 38.8 Å². The summed E-state index contributed by atoms with van der Waals surface area (Å²) in [6.45, 7) is 5.92. The van der Waals surface area contributed by atoms with E-state index in [-0.39, 0.29) is 6.10 Å². The quantitative estimate of drug-likeness (QED) is 0.749. The molecule has 0 radical (unpaired) electrons. The average Bonchev–Trinajstić information content (AvgIpc) is 2.98. The van der Waals surface area contributed by atoms with Gasteiger partial charge in [0.1, 0.15) is 0 Å². The van der Waals surface area contributed by atoms with E-state index in [0.29, 0.717) is 32.1 Å². The number of likely N-dealkylation sites (N-methyl/N-ethyl adjacent to an activating group) is 1. The Bertz CT molecular complexity index is 402. The van der Waals surface area contributed by atoms with Crippen molar-refractivity contribution in [3.05, 3.63) is 0 Å². The van der Waals surface area contributed by atoms with Crippen LogP contribution in [0.1, 0.15) is 32.6 Å². The van der Waals surface area contributed by atoms with E-state index in [1.54, 1.807) is 8.61 Å². The lowest BCUT2D eigenvalue weighted by Gasteiger charge is -2.35. The monoisotopic (exact) mass is 319 g/mol. The first-order valence-electron chi connectivity index (χ1n) is 8.09. The number of piperidine rings is 1. The zero-order chi connectivity index (χ0) is 15.3. The molecule has 2 heterocycles. The summed E-state index contributed by atoms with van der Waals surface area (Å²) < 4.78 is 34.3. The van der Waals surface area contributed by atoms with Gasteiger partial charge >= 0.3 is 0 Å². The van der Waals surface area contributed by atoms with Crippen LogP contribution in [0.25, 0.3) is 0 Å². The van der Waals surface area contributed by atoms with Crippen molar-refractivity contribution in [1.82, 2.24) is 13.9 Å². The summed E-state index contributed by atoms with van der Waals surface area (Å²) in [7, 11) is -1.39. The highest BCUT2D eigenvalue weighted by Crippen LogP contribution is 2.22. The van der Waals surface area contributed by atoms with Crippen molar-refractivity contribution in [3.63, 3.8) is 0 Å². The summed E-state index contributed by atoms with van der Waals surface area (Å²) in [4.78, 5) is 0. The van der Waals surface area contributed by atoms with Gasteiger partial charge in [-0.2, -0.15) is 17.0 Å². The molecule has 2 saturated heterocycles. The van der Waals surface area contributed by atoms with Crippen LogP contribution >= 0.6 is 0 Å². The third kappa shape index (κ3) is 4.39. The minimum Gasteiger partial charge on any atom is -0.377 e. The van der Waals surface area contributed by atoms with Crippen LogP contribution in [0.15, 0.2) is 0 Å². The van der Waals surface area contributed by atoms with E-state index in [1.807, 2.05) is 14.0 Å². The van der Waals surface area contributed by atoms with E-state index in [9.17, 15) is 8.42 Å². The van der Waals surface area contributed by atoms with Crippen molar-refractivity contribution in [1.29, 1.82) is 0 Å². The highest BCUT2D eigenvalue weighted by Gasteiger charge is 2.33. The molecule has 6 nitrogen and oxygen atoms in total. The average molecular weight is 319 g/mol. The van der Waals surface area contributed by atoms with E-state index in [1.165, 1.54) is 0 Å². The highest BCUT2D eigenvalue weighted by molar-refractivity contribution is 7.86. The first-order valence-corrected chi connectivity index (χ1v) is 9.49. The van der Waals surface area contributed by atoms with Crippen LogP contribution in [0.2, 0.25) is 0 Å². The number of nitrogens with one attached hydrogen (secondary N) is 1. The molecule has 1 N–H and O–H groups in total. The minimum absolute atomic E-state index is 0.0709. The van der Waals surface area contributed by atoms with E-state index in [4.69, 9.17) is 4.74 Å². The van der Waals surface area contributed by atoms with Gasteiger partial charge in [0.05, 0.1) is 6.10 Å². The lowest BCUT2D eigenvalue weighted by molar-refractivity contribution is 0.0925. The minimum atomic E-state index is -3.33. The van der Waals surface area contributed by atoms with E-state index >= 15 is 0 Å². The van der Waals surface area contributed by atoms with Crippen molar-refractivity contribution < 1.29 is 13.2 Å². The number of rotatable bonds is 7. The molecule has 124 valence electrons. The maximum Gasteiger partial charge on any atom is 0.282 e. The molecular weight excluding hydrogens is 290 g/mol. The smallest absolute Gasteiger partial charge is 0.282 e. The molecule has 2 aliphatic heterocycles. The molecule has 0 aliphatic carbocycles. The summed E-state index contributed by atoms with van der Waals surface area (Å²) in [5.41, 5.74) is 0. The Hall–Kier alpha value is -0.210. The molecule has 0 bridgehead atoms. The third-order valence-electron chi connectivity index (χ3n) is 4.50. The van der Waals surface area contributed by atoms with Gasteiger partial charge in [-0.15, -0.1) is 0 Å². The van der Waals surface area contributed by atoms with Crippen molar-refractivity contribution in [2.45, 2.75) is 38.7 Å². The fraction of sp³-hybridized carbons (Fsp3) is 1.00. The molecule has 2 aliphatic rings. The molecule has 0 aromatic rings. The second kappa shape index (κ2) is 7.87. The predicted octanol–water partition coefficient (Wildman–Crippen LogP) is 0.664. The number of hydrogen-bond donors (Lipinski definition) is 1. The van der Waals surface area contributed by atoms with Gasteiger partial charge < -0.3 is 10.1 Å². The Morgan fingerprint density at radius 1 is 1.29 bits per heavy atom. The zero-order valence-electron chi connectivity index (χ0n) is 13.3. The standard InChI is InChI=1S/C14H29N3O3S/c1-3-16(12-14-5-4-10-20-14)21(18,19)17-8-6-13(7-9-17)11-15-2/h13-15H,3-12H2,1-2H3. The third-order valence-corrected chi connectivity index (χ3v) is 6.58. The fourth-order valence-electron chi connectivity index (χ4n) is 3.20. The highest BCUT2D eigenvalue weighted by atomic mass is 32.2. The van der Waals surface area contributed by atoms with Crippen LogP contribution in [-0.2, 0) is 14.9 Å². The van der Waals surface area contributed by atoms with Gasteiger partial charge in [0.15, 0.2) is 0 Å². The fourth-order valence-corrected chi connectivity index (χ4v) is 4.88. The summed E-state index contributed by atoms with van der Waals surface area (Å²) in [5.74, 6) is 0.592. The van der Waals surface area contributed by atoms with Gasteiger partial charge in [0, 0.05) is 32.8 Å². The maximum atomic E-state index is 12.7. The summed E-state index contributed by atoms with van der Waals surface area (Å²) in [5, 5.41) is 3.18. The van der Waals surface area contributed by atoms with Crippen molar-refractivity contribution >= 4 is 10.2 Å². The van der Waals surface area contributed by atoms with E-state index < -0.39 is 10.2 Å². The lowest BCUT2D eigenvalue weighted by atomic mass is 9.98. The number of nitrogens with zero attached hydrogens (tertiary/aromatic N) is 2. The Balaban J connectivity index is 1.92. The van der Waals surface area contributed by atoms with Gasteiger partial charge in [-0.3, -0.25) is 0 Å². The molecular formula is C14H29N3O3S. The lowest BCUT2D eigenvalue weighted by Crippen LogP contribution is -2.49. The van der Waals surface area contributed by atoms with Crippen LogP contribution in [0.4, 0.5) is 0 Å². The van der Waals surface area contributed by atoms with Gasteiger partial charge in [0.2, 0.25) is 0 Å². The maximum absolute atomic E-state index is 12.7. The molecule has 21 heavy (non-hydrogen) atoms. The Kier molecular flexibility index (Phi) is 6.43. The van der Waals surface area contributed by atoms with Crippen LogP contribution in [0.5, 0.6) is 0 Å². The van der Waals surface area contributed by atoms with E-state index in [2.05, 4.69) is 5.32 Å². The molecule has 0 aromatic heterocycles. The largest absolute Gasteiger partial charge is 0.377 e. The number of ether oxygens (including phenoxy) is 1. The summed E-state index contributed by atoms with van der Waals surface area (Å²) in [6.07, 6.45) is 3.96. The number of hydrogen-bond acceptors (Lipinski definition) is 4. The summed E-state index contributed by atoms with van der Waals surface area (Å²) in [6, 6.07) is 0. The van der Waals surface area contributed by atoms with Crippen LogP contribution in [0, 0.1) is 5.92 Å². The first-order chi connectivity index (χ1) is 10.1. The molecule has 0 aromatic carbocycles. The van der Waals surface area contributed by atoms with Gasteiger partial charge in [0.25, 0.3) is 10.2 Å². The van der Waals surface area contributed by atoms with Crippen LogP contribution in [-0.4, -0.2) is 69.5 Å². The van der Waals surface area contributed by atoms with Gasteiger partial charge in [-0.05, 0) is 45.2 Å². The van der Waals surface area contributed by atoms with Crippen molar-refractivity contribution in [3.8, 4) is 0 Å². The molecule has 2 rings (SSSR count). The van der Waals surface area contributed by atoms with Gasteiger partial charge in [-0.25, -0.2) is 0 Å². The van der Waals surface area contributed by atoms with Crippen LogP contribution in [0.3, 0.4) is 0 Å². The molecule has 2 fully saturated rings. The topological polar surface area (TPSA) is 61.9 Å². The molecule has 0 saturated carbocycles. The molecule has 1 atom stereocenters. The molecule has 0 amide bonds. The normalized spacial score (nSPS) is 25.8. The molecule has 1 unspecified atom stereocenters. The van der Waals surface area contributed by atoms with Crippen LogP contribution < -0.4 is 5.32 Å². The predicted molar refractivity (Wildman–Crippen MR) is 83.4 cm³/mol. The Labute approximate surface area is 129 Å². The molecule has 7 heteroatoms. The first kappa shape index (κ1) is 17.1. The zero-order valence-corrected chi connectivity index (χ0v) is 14.1. The van der Waals surface area contributed by atoms with Gasteiger partial charge in [-0.1, -0.05) is 6.92 Å². The molecule has 0 spiro atoms. The summed E-state index contributed by atoms with van der Waals surface area (Å²) >= 11 is 0. The van der Waals surface area contributed by atoms with Crippen molar-refractivity contribution in [2.24, 2.45) is 5.92 Å². The Morgan fingerprint density at radius 2 is 2.00 bits per heavy atom. The van der Waals surface area contributed by atoms with Crippen molar-refractivity contribution in [2.75, 3.05) is 46.4 Å². The second-order valence-electron chi connectivity index (χ2n) is 5.99. The second-order valence-corrected chi connectivity index (χ2v) is 7.92. The SMILES string of the molecule is CCN(CC1CCCO1)S(=O)(=O)N1CCC(CNC)CC1. The Morgan fingerprint density at radius 3 is 2.52 bits per heavy atom.